The zero-order valence-electron chi connectivity index (χ0n) is 11.7. The van der Waals surface area contributed by atoms with Crippen molar-refractivity contribution in [1.82, 2.24) is 9.80 Å². The number of nitrogens with zero attached hydrogens (tertiary/aromatic N) is 2. The maximum absolute atomic E-state index is 6.13. The molecule has 0 aromatic rings. The summed E-state index contributed by atoms with van der Waals surface area (Å²) in [7, 11) is 2.22. The lowest BCUT2D eigenvalue weighted by Gasteiger charge is -2.43. The summed E-state index contributed by atoms with van der Waals surface area (Å²) >= 11 is 0. The van der Waals surface area contributed by atoms with Gasteiger partial charge < -0.3 is 9.64 Å². The predicted octanol–water partition coefficient (Wildman–Crippen LogP) is 1.97. The highest BCUT2D eigenvalue weighted by molar-refractivity contribution is 4.87. The van der Waals surface area contributed by atoms with Crippen LogP contribution in [0.15, 0.2) is 0 Å². The minimum absolute atomic E-state index is 0.369. The van der Waals surface area contributed by atoms with Crippen molar-refractivity contribution < 1.29 is 4.74 Å². The molecule has 1 saturated carbocycles. The molecule has 100 valence electrons. The summed E-state index contributed by atoms with van der Waals surface area (Å²) in [4.78, 5) is 5.10. The van der Waals surface area contributed by atoms with E-state index in [4.69, 9.17) is 4.74 Å². The van der Waals surface area contributed by atoms with Crippen molar-refractivity contribution in [3.63, 3.8) is 0 Å². The summed E-state index contributed by atoms with van der Waals surface area (Å²) in [6, 6.07) is 0.680. The highest BCUT2D eigenvalue weighted by atomic mass is 16.5. The average Bonchev–Trinajstić information content (AvgIpc) is 2.30. The minimum atomic E-state index is 0.369. The molecule has 3 heteroatoms. The van der Waals surface area contributed by atoms with Crippen LogP contribution in [0.3, 0.4) is 0 Å². The molecule has 2 atom stereocenters. The van der Waals surface area contributed by atoms with E-state index < -0.39 is 0 Å². The van der Waals surface area contributed by atoms with Gasteiger partial charge in [0.25, 0.3) is 0 Å². The molecule has 1 heterocycles. The largest absolute Gasteiger partial charge is 0.374 e. The molecule has 0 N–H and O–H groups in total. The molecule has 0 spiro atoms. The van der Waals surface area contributed by atoms with Crippen LogP contribution < -0.4 is 0 Å². The van der Waals surface area contributed by atoms with Gasteiger partial charge in [-0.1, -0.05) is 12.8 Å². The van der Waals surface area contributed by atoms with E-state index in [1.54, 1.807) is 0 Å². The van der Waals surface area contributed by atoms with Gasteiger partial charge in [0, 0.05) is 32.2 Å². The molecule has 17 heavy (non-hydrogen) atoms. The maximum atomic E-state index is 6.13. The Balaban J connectivity index is 1.91. The molecule has 1 saturated heterocycles. The molecular weight excluding hydrogens is 212 g/mol. The Labute approximate surface area is 106 Å². The summed E-state index contributed by atoms with van der Waals surface area (Å²) in [6.45, 7) is 9.19. The summed E-state index contributed by atoms with van der Waals surface area (Å²) in [6.07, 6.45) is 6.17. The van der Waals surface area contributed by atoms with Crippen molar-refractivity contribution in [3.8, 4) is 0 Å². The van der Waals surface area contributed by atoms with Crippen LogP contribution >= 0.6 is 0 Å². The molecular formula is C14H28N2O. The van der Waals surface area contributed by atoms with Gasteiger partial charge in [-0.25, -0.2) is 0 Å². The molecule has 2 rings (SSSR count). The predicted molar refractivity (Wildman–Crippen MR) is 71.3 cm³/mol. The fourth-order valence-corrected chi connectivity index (χ4v) is 3.16. The second kappa shape index (κ2) is 6.17. The van der Waals surface area contributed by atoms with Gasteiger partial charge in [0.1, 0.15) is 0 Å². The topological polar surface area (TPSA) is 15.7 Å². The molecule has 1 aliphatic carbocycles. The van der Waals surface area contributed by atoms with E-state index >= 15 is 0 Å². The van der Waals surface area contributed by atoms with E-state index in [1.807, 2.05) is 0 Å². The summed E-state index contributed by atoms with van der Waals surface area (Å²) in [5.41, 5.74) is 0. The van der Waals surface area contributed by atoms with Crippen LogP contribution in [-0.2, 0) is 4.74 Å². The maximum Gasteiger partial charge on any atom is 0.0733 e. The lowest BCUT2D eigenvalue weighted by atomic mass is 9.90. The van der Waals surface area contributed by atoms with Crippen molar-refractivity contribution >= 4 is 0 Å². The van der Waals surface area contributed by atoms with Crippen LogP contribution in [0.25, 0.3) is 0 Å². The van der Waals surface area contributed by atoms with Crippen molar-refractivity contribution in [1.29, 1.82) is 0 Å². The molecule has 0 aromatic heterocycles. The molecule has 2 aliphatic rings. The van der Waals surface area contributed by atoms with Gasteiger partial charge >= 0.3 is 0 Å². The van der Waals surface area contributed by atoms with Gasteiger partial charge in [0.2, 0.25) is 0 Å². The van der Waals surface area contributed by atoms with Crippen LogP contribution in [0.4, 0.5) is 0 Å². The van der Waals surface area contributed by atoms with E-state index in [9.17, 15) is 0 Å². The first kappa shape index (κ1) is 13.3. The molecule has 0 amide bonds. The van der Waals surface area contributed by atoms with E-state index in [0.717, 1.165) is 0 Å². The normalized spacial score (nSPS) is 33.2. The van der Waals surface area contributed by atoms with Gasteiger partial charge in [0.05, 0.1) is 12.2 Å². The van der Waals surface area contributed by atoms with Gasteiger partial charge in [-0.05, 0) is 33.7 Å². The van der Waals surface area contributed by atoms with Crippen molar-refractivity contribution in [2.24, 2.45) is 0 Å². The Bertz CT molecular complexity index is 224. The first-order valence-electron chi connectivity index (χ1n) is 7.25. The molecule has 3 nitrogen and oxygen atoms in total. The fourth-order valence-electron chi connectivity index (χ4n) is 3.16. The number of piperazine rings is 1. The van der Waals surface area contributed by atoms with Crippen molar-refractivity contribution in [2.75, 3.05) is 33.2 Å². The summed E-state index contributed by atoms with van der Waals surface area (Å²) in [5.74, 6) is 0. The summed E-state index contributed by atoms with van der Waals surface area (Å²) in [5, 5.41) is 0. The van der Waals surface area contributed by atoms with Crippen molar-refractivity contribution in [2.45, 2.75) is 57.8 Å². The lowest BCUT2D eigenvalue weighted by Crippen LogP contribution is -2.54. The Morgan fingerprint density at radius 3 is 2.29 bits per heavy atom. The second-order valence-electron chi connectivity index (χ2n) is 5.91. The van der Waals surface area contributed by atoms with E-state index in [1.165, 1.54) is 51.9 Å². The average molecular weight is 240 g/mol. The number of rotatable bonds is 3. The van der Waals surface area contributed by atoms with Gasteiger partial charge in [-0.3, -0.25) is 4.90 Å². The number of likely N-dealkylation sites (N-methyl/N-ethyl adjacent to an activating group) is 1. The molecule has 0 radical (unpaired) electrons. The van der Waals surface area contributed by atoms with Crippen LogP contribution in [0.5, 0.6) is 0 Å². The number of hydrogen-bond donors (Lipinski definition) is 0. The van der Waals surface area contributed by atoms with Gasteiger partial charge in [-0.15, -0.1) is 0 Å². The van der Waals surface area contributed by atoms with Crippen LogP contribution in [0.1, 0.15) is 39.5 Å². The standard InChI is InChI=1S/C14H28N2O/c1-12(2)17-14-7-5-4-6-13(14)16-10-8-15(3)9-11-16/h12-14H,4-11H2,1-3H3. The lowest BCUT2D eigenvalue weighted by molar-refractivity contribution is -0.0707. The third-order valence-electron chi connectivity index (χ3n) is 4.12. The monoisotopic (exact) mass is 240 g/mol. The fraction of sp³-hybridized carbons (Fsp3) is 1.00. The third kappa shape index (κ3) is 3.67. The highest BCUT2D eigenvalue weighted by Gasteiger charge is 2.32. The van der Waals surface area contributed by atoms with Crippen LogP contribution in [-0.4, -0.2) is 61.3 Å². The third-order valence-corrected chi connectivity index (χ3v) is 4.12. The molecule has 0 aromatic carbocycles. The van der Waals surface area contributed by atoms with Crippen LogP contribution in [0, 0.1) is 0 Å². The number of hydrogen-bond acceptors (Lipinski definition) is 3. The zero-order valence-corrected chi connectivity index (χ0v) is 11.7. The first-order valence-corrected chi connectivity index (χ1v) is 7.25. The van der Waals surface area contributed by atoms with Crippen LogP contribution in [0.2, 0.25) is 0 Å². The molecule has 1 aliphatic heterocycles. The van der Waals surface area contributed by atoms with E-state index in [2.05, 4.69) is 30.7 Å². The van der Waals surface area contributed by atoms with Gasteiger partial charge in [0.15, 0.2) is 0 Å². The Morgan fingerprint density at radius 1 is 1.00 bits per heavy atom. The van der Waals surface area contributed by atoms with Crippen molar-refractivity contribution in [3.05, 3.63) is 0 Å². The molecule has 2 unspecified atom stereocenters. The molecule has 2 fully saturated rings. The Morgan fingerprint density at radius 2 is 1.65 bits per heavy atom. The molecule has 0 bridgehead atoms. The quantitative estimate of drug-likeness (QED) is 0.750. The summed E-state index contributed by atoms with van der Waals surface area (Å²) < 4.78 is 6.13. The second-order valence-corrected chi connectivity index (χ2v) is 5.91. The SMILES string of the molecule is CC(C)OC1CCCCC1N1CCN(C)CC1. The minimum Gasteiger partial charge on any atom is -0.374 e. The highest BCUT2D eigenvalue weighted by Crippen LogP contribution is 2.27. The zero-order chi connectivity index (χ0) is 12.3. The number of ether oxygens (including phenoxy) is 1. The van der Waals surface area contributed by atoms with Gasteiger partial charge in [-0.2, -0.15) is 0 Å². The smallest absolute Gasteiger partial charge is 0.0733 e. The van der Waals surface area contributed by atoms with E-state index in [0.29, 0.717) is 18.2 Å². The first-order chi connectivity index (χ1) is 8.16. The van der Waals surface area contributed by atoms with E-state index in [-0.39, 0.29) is 0 Å². The Kier molecular flexibility index (Phi) is 4.83. The Hall–Kier alpha value is -0.120.